The molecule has 1 aromatic rings. The summed E-state index contributed by atoms with van der Waals surface area (Å²) in [6.45, 7) is 1.94. The lowest BCUT2D eigenvalue weighted by molar-refractivity contribution is 0.0682. The molecule has 0 atom stereocenters. The molecular formula is C15H22N2O3. The number of likely N-dealkylation sites (N-methyl/N-ethyl adjacent to an activating group) is 1. The number of hydrogen-bond donors (Lipinski definition) is 1. The van der Waals surface area contributed by atoms with Gasteiger partial charge in [0.2, 0.25) is 0 Å². The van der Waals surface area contributed by atoms with Crippen molar-refractivity contribution in [2.24, 2.45) is 5.92 Å². The number of rotatable bonds is 7. The highest BCUT2D eigenvalue weighted by Gasteiger charge is 2.21. The van der Waals surface area contributed by atoms with Gasteiger partial charge in [-0.2, -0.15) is 0 Å². The van der Waals surface area contributed by atoms with E-state index in [2.05, 4.69) is 0 Å². The quantitative estimate of drug-likeness (QED) is 0.610. The van der Waals surface area contributed by atoms with Gasteiger partial charge in [0.15, 0.2) is 0 Å². The van der Waals surface area contributed by atoms with Crippen LogP contribution >= 0.6 is 0 Å². The molecule has 0 radical (unpaired) electrons. The molecule has 0 bridgehead atoms. The summed E-state index contributed by atoms with van der Waals surface area (Å²) >= 11 is 0. The molecule has 0 aliphatic heterocycles. The molecule has 0 aromatic heterocycles. The molecule has 1 saturated carbocycles. The normalized spacial score (nSPS) is 14.1. The molecule has 2 rings (SSSR count). The van der Waals surface area contributed by atoms with Crippen molar-refractivity contribution in [3.05, 3.63) is 23.8 Å². The Bertz CT molecular complexity index is 472. The third kappa shape index (κ3) is 3.87. The number of nitrogens with zero attached hydrogens (tertiary/aromatic N) is 1. The standard InChI is InChI=1S/C15H22N2O3/c1-17(7-8-20-10-11-3-4-11)15(18)13-6-5-12(19-2)9-14(13)16/h5-6,9,11H,3-4,7-8,10,16H2,1-2H3. The third-order valence-corrected chi connectivity index (χ3v) is 3.46. The van der Waals surface area contributed by atoms with Crippen LogP contribution in [0.15, 0.2) is 18.2 Å². The van der Waals surface area contributed by atoms with Gasteiger partial charge in [0.25, 0.3) is 5.91 Å². The van der Waals surface area contributed by atoms with Gasteiger partial charge >= 0.3 is 0 Å². The lowest BCUT2D eigenvalue weighted by Gasteiger charge is -2.18. The molecule has 1 fully saturated rings. The van der Waals surface area contributed by atoms with E-state index in [0.29, 0.717) is 30.2 Å². The van der Waals surface area contributed by atoms with Crippen LogP contribution in [0.1, 0.15) is 23.2 Å². The zero-order valence-electron chi connectivity index (χ0n) is 12.1. The van der Waals surface area contributed by atoms with E-state index in [1.54, 1.807) is 37.3 Å². The Morgan fingerprint density at radius 3 is 2.80 bits per heavy atom. The van der Waals surface area contributed by atoms with Gasteiger partial charge in [-0.15, -0.1) is 0 Å². The van der Waals surface area contributed by atoms with Crippen molar-refractivity contribution in [3.63, 3.8) is 0 Å². The minimum Gasteiger partial charge on any atom is -0.497 e. The fourth-order valence-corrected chi connectivity index (χ4v) is 1.91. The molecule has 5 nitrogen and oxygen atoms in total. The number of amides is 1. The SMILES string of the molecule is COc1ccc(C(=O)N(C)CCOCC2CC2)c(N)c1. The van der Waals surface area contributed by atoms with E-state index in [0.717, 1.165) is 12.5 Å². The zero-order chi connectivity index (χ0) is 14.5. The van der Waals surface area contributed by atoms with Gasteiger partial charge in [-0.1, -0.05) is 0 Å². The smallest absolute Gasteiger partial charge is 0.255 e. The van der Waals surface area contributed by atoms with E-state index < -0.39 is 0 Å². The Labute approximate surface area is 119 Å². The summed E-state index contributed by atoms with van der Waals surface area (Å²) < 4.78 is 10.6. The minimum atomic E-state index is -0.0971. The molecule has 110 valence electrons. The predicted octanol–water partition coefficient (Wildman–Crippen LogP) is 1.78. The highest BCUT2D eigenvalue weighted by Crippen LogP contribution is 2.28. The molecule has 20 heavy (non-hydrogen) atoms. The minimum absolute atomic E-state index is 0.0971. The number of methoxy groups -OCH3 is 1. The Morgan fingerprint density at radius 1 is 1.45 bits per heavy atom. The maximum absolute atomic E-state index is 12.3. The molecule has 5 heteroatoms. The maximum Gasteiger partial charge on any atom is 0.255 e. The van der Waals surface area contributed by atoms with Crippen molar-refractivity contribution in [2.45, 2.75) is 12.8 Å². The van der Waals surface area contributed by atoms with Gasteiger partial charge in [-0.3, -0.25) is 4.79 Å². The molecule has 2 N–H and O–H groups in total. The van der Waals surface area contributed by atoms with Gasteiger partial charge in [-0.05, 0) is 30.9 Å². The molecule has 0 heterocycles. The summed E-state index contributed by atoms with van der Waals surface area (Å²) in [5, 5.41) is 0. The fourth-order valence-electron chi connectivity index (χ4n) is 1.91. The molecule has 0 unspecified atom stereocenters. The monoisotopic (exact) mass is 278 g/mol. The summed E-state index contributed by atoms with van der Waals surface area (Å²) in [7, 11) is 3.33. The first kappa shape index (κ1) is 14.7. The number of carbonyl (C=O) groups is 1. The zero-order valence-corrected chi connectivity index (χ0v) is 12.1. The number of ether oxygens (including phenoxy) is 2. The van der Waals surface area contributed by atoms with E-state index >= 15 is 0 Å². The maximum atomic E-state index is 12.3. The van der Waals surface area contributed by atoms with Crippen molar-refractivity contribution in [2.75, 3.05) is 39.6 Å². The topological polar surface area (TPSA) is 64.8 Å². The average molecular weight is 278 g/mol. The second kappa shape index (κ2) is 6.61. The van der Waals surface area contributed by atoms with Crippen LogP contribution in [0.25, 0.3) is 0 Å². The Morgan fingerprint density at radius 2 is 2.20 bits per heavy atom. The highest BCUT2D eigenvalue weighted by atomic mass is 16.5. The van der Waals surface area contributed by atoms with Crippen molar-refractivity contribution in [1.82, 2.24) is 4.90 Å². The first-order valence-corrected chi connectivity index (χ1v) is 6.88. The first-order valence-electron chi connectivity index (χ1n) is 6.88. The van der Waals surface area contributed by atoms with Crippen LogP contribution in [0, 0.1) is 5.92 Å². The number of carbonyl (C=O) groups excluding carboxylic acids is 1. The number of nitrogens with two attached hydrogens (primary N) is 1. The van der Waals surface area contributed by atoms with Crippen molar-refractivity contribution in [3.8, 4) is 5.75 Å². The summed E-state index contributed by atoms with van der Waals surface area (Å²) in [5.41, 5.74) is 6.81. The summed E-state index contributed by atoms with van der Waals surface area (Å²) in [4.78, 5) is 13.9. The first-order chi connectivity index (χ1) is 9.61. The van der Waals surface area contributed by atoms with Gasteiger partial charge in [0.05, 0.1) is 19.3 Å². The lowest BCUT2D eigenvalue weighted by Crippen LogP contribution is -2.30. The van der Waals surface area contributed by atoms with Gasteiger partial charge < -0.3 is 20.1 Å². The van der Waals surface area contributed by atoms with E-state index in [1.165, 1.54) is 12.8 Å². The van der Waals surface area contributed by atoms with Crippen molar-refractivity contribution < 1.29 is 14.3 Å². The second-order valence-electron chi connectivity index (χ2n) is 5.20. The molecule has 1 aliphatic carbocycles. The Balaban J connectivity index is 1.85. The molecule has 1 aromatic carbocycles. The fraction of sp³-hybridized carbons (Fsp3) is 0.533. The second-order valence-corrected chi connectivity index (χ2v) is 5.20. The van der Waals surface area contributed by atoms with Crippen LogP contribution in [0.4, 0.5) is 5.69 Å². The van der Waals surface area contributed by atoms with Crippen LogP contribution in [0.5, 0.6) is 5.75 Å². The van der Waals surface area contributed by atoms with Crippen molar-refractivity contribution >= 4 is 11.6 Å². The Kier molecular flexibility index (Phi) is 4.84. The number of nitrogen functional groups attached to an aromatic ring is 1. The molecule has 0 saturated heterocycles. The largest absolute Gasteiger partial charge is 0.497 e. The summed E-state index contributed by atoms with van der Waals surface area (Å²) in [6.07, 6.45) is 2.55. The summed E-state index contributed by atoms with van der Waals surface area (Å²) in [6, 6.07) is 5.09. The summed E-state index contributed by atoms with van der Waals surface area (Å²) in [5.74, 6) is 1.29. The van der Waals surface area contributed by atoms with E-state index in [-0.39, 0.29) is 5.91 Å². The molecular weight excluding hydrogens is 256 g/mol. The number of benzene rings is 1. The van der Waals surface area contributed by atoms with Crippen molar-refractivity contribution in [1.29, 1.82) is 0 Å². The van der Waals surface area contributed by atoms with Gasteiger partial charge in [0, 0.05) is 32.0 Å². The van der Waals surface area contributed by atoms with Crippen LogP contribution < -0.4 is 10.5 Å². The third-order valence-electron chi connectivity index (χ3n) is 3.46. The van der Waals surface area contributed by atoms with Crippen LogP contribution in [0.2, 0.25) is 0 Å². The van der Waals surface area contributed by atoms with Gasteiger partial charge in [-0.25, -0.2) is 0 Å². The molecule has 1 amide bonds. The molecule has 0 spiro atoms. The lowest BCUT2D eigenvalue weighted by atomic mass is 10.1. The van der Waals surface area contributed by atoms with Crippen LogP contribution in [-0.4, -0.2) is 44.7 Å². The Hall–Kier alpha value is -1.75. The highest BCUT2D eigenvalue weighted by molar-refractivity contribution is 5.99. The van der Waals surface area contributed by atoms with E-state index in [9.17, 15) is 4.79 Å². The van der Waals surface area contributed by atoms with E-state index in [4.69, 9.17) is 15.2 Å². The van der Waals surface area contributed by atoms with Gasteiger partial charge in [0.1, 0.15) is 5.75 Å². The van der Waals surface area contributed by atoms with Crippen LogP contribution in [-0.2, 0) is 4.74 Å². The van der Waals surface area contributed by atoms with Crippen LogP contribution in [0.3, 0.4) is 0 Å². The predicted molar refractivity (Wildman–Crippen MR) is 77.9 cm³/mol. The number of hydrogen-bond acceptors (Lipinski definition) is 4. The van der Waals surface area contributed by atoms with E-state index in [1.807, 2.05) is 0 Å². The molecule has 1 aliphatic rings. The number of anilines is 1. The average Bonchev–Trinajstić information content (AvgIpc) is 3.26.